The quantitative estimate of drug-likeness (QED) is 0.815. The third kappa shape index (κ3) is 2.37. The molecule has 2 nitrogen and oxygen atoms in total. The zero-order valence-corrected chi connectivity index (χ0v) is 9.83. The van der Waals surface area contributed by atoms with Gasteiger partial charge in [-0.1, -0.05) is 6.92 Å². The second kappa shape index (κ2) is 3.93. The van der Waals surface area contributed by atoms with Crippen molar-refractivity contribution < 1.29 is 0 Å². The zero-order valence-electron chi connectivity index (χ0n) is 9.83. The molecule has 1 N–H and O–H groups in total. The normalized spacial score (nSPS) is 22.1. The third-order valence-corrected chi connectivity index (χ3v) is 3.79. The average Bonchev–Trinajstić information content (AvgIpc) is 2.99. The van der Waals surface area contributed by atoms with Crippen molar-refractivity contribution in [2.45, 2.75) is 45.7 Å². The van der Waals surface area contributed by atoms with Crippen LogP contribution in [0.25, 0.3) is 0 Å². The number of nitrogens with one attached hydrogen (secondary N) is 1. The van der Waals surface area contributed by atoms with Gasteiger partial charge in [-0.25, -0.2) is 0 Å². The van der Waals surface area contributed by atoms with Crippen molar-refractivity contribution in [1.82, 2.24) is 10.3 Å². The van der Waals surface area contributed by atoms with Gasteiger partial charge in [0.15, 0.2) is 0 Å². The monoisotopic (exact) mass is 204 g/mol. The van der Waals surface area contributed by atoms with Crippen LogP contribution in [0.5, 0.6) is 0 Å². The van der Waals surface area contributed by atoms with Crippen LogP contribution < -0.4 is 5.32 Å². The molecule has 0 amide bonds. The molecule has 15 heavy (non-hydrogen) atoms. The van der Waals surface area contributed by atoms with Crippen LogP contribution in [-0.4, -0.2) is 11.0 Å². The van der Waals surface area contributed by atoms with Gasteiger partial charge >= 0.3 is 0 Å². The molecular weight excluding hydrogens is 184 g/mol. The number of rotatable bonds is 4. The van der Waals surface area contributed by atoms with Gasteiger partial charge in [-0.05, 0) is 49.8 Å². The minimum absolute atomic E-state index is 0.417. The lowest BCUT2D eigenvalue weighted by Gasteiger charge is -2.25. The minimum atomic E-state index is 0.417. The van der Waals surface area contributed by atoms with Gasteiger partial charge in [0.2, 0.25) is 0 Å². The van der Waals surface area contributed by atoms with Crippen LogP contribution in [0.3, 0.4) is 0 Å². The Morgan fingerprint density at radius 1 is 1.27 bits per heavy atom. The fourth-order valence-electron chi connectivity index (χ4n) is 1.95. The lowest BCUT2D eigenvalue weighted by atomic mass is 9.99. The molecule has 0 aromatic carbocycles. The smallest absolute Gasteiger partial charge is 0.0295 e. The number of pyridine rings is 1. The molecule has 1 unspecified atom stereocenters. The second-order valence-electron chi connectivity index (χ2n) is 5.04. The van der Waals surface area contributed by atoms with Crippen molar-refractivity contribution in [2.75, 3.05) is 0 Å². The van der Waals surface area contributed by atoms with Crippen molar-refractivity contribution in [3.05, 3.63) is 30.1 Å². The highest BCUT2D eigenvalue weighted by Gasteiger charge is 2.42. The van der Waals surface area contributed by atoms with Crippen molar-refractivity contribution in [3.8, 4) is 0 Å². The minimum Gasteiger partial charge on any atom is -0.307 e. The van der Waals surface area contributed by atoms with Crippen LogP contribution in [0.4, 0.5) is 0 Å². The molecule has 1 aliphatic carbocycles. The summed E-state index contributed by atoms with van der Waals surface area (Å²) in [5.41, 5.74) is 1.86. The zero-order chi connectivity index (χ0) is 10.9. The molecule has 0 bridgehead atoms. The van der Waals surface area contributed by atoms with E-state index >= 15 is 0 Å². The molecule has 1 fully saturated rings. The summed E-state index contributed by atoms with van der Waals surface area (Å²) in [4.78, 5) is 4.04. The molecule has 2 rings (SSSR count). The number of aromatic nitrogens is 1. The Morgan fingerprint density at radius 3 is 2.40 bits per heavy atom. The van der Waals surface area contributed by atoms with Gasteiger partial charge in [-0.2, -0.15) is 0 Å². The summed E-state index contributed by atoms with van der Waals surface area (Å²) in [5.74, 6) is 0. The molecule has 0 saturated heterocycles. The molecule has 1 aromatic heterocycles. The lowest BCUT2D eigenvalue weighted by molar-refractivity contribution is 0.350. The SMILES string of the molecule is CC(N[C@H](C)c1ccncc1)C1(C)CC1. The van der Waals surface area contributed by atoms with E-state index in [0.29, 0.717) is 17.5 Å². The molecule has 82 valence electrons. The highest BCUT2D eigenvalue weighted by atomic mass is 15.0. The van der Waals surface area contributed by atoms with Gasteiger partial charge < -0.3 is 5.32 Å². The van der Waals surface area contributed by atoms with Crippen LogP contribution >= 0.6 is 0 Å². The second-order valence-corrected chi connectivity index (χ2v) is 5.04. The van der Waals surface area contributed by atoms with Gasteiger partial charge in [-0.15, -0.1) is 0 Å². The topological polar surface area (TPSA) is 24.9 Å². The van der Waals surface area contributed by atoms with E-state index in [2.05, 4.69) is 43.2 Å². The van der Waals surface area contributed by atoms with Crippen LogP contribution in [0.2, 0.25) is 0 Å². The van der Waals surface area contributed by atoms with E-state index in [1.54, 1.807) is 0 Å². The Morgan fingerprint density at radius 2 is 1.87 bits per heavy atom. The molecule has 1 heterocycles. The lowest BCUT2D eigenvalue weighted by Crippen LogP contribution is -2.35. The summed E-state index contributed by atoms with van der Waals surface area (Å²) < 4.78 is 0. The molecule has 0 radical (unpaired) electrons. The fourth-order valence-corrected chi connectivity index (χ4v) is 1.95. The van der Waals surface area contributed by atoms with Crippen LogP contribution in [-0.2, 0) is 0 Å². The maximum Gasteiger partial charge on any atom is 0.0295 e. The Bertz CT molecular complexity index is 317. The van der Waals surface area contributed by atoms with Crippen LogP contribution in [0, 0.1) is 5.41 Å². The summed E-state index contributed by atoms with van der Waals surface area (Å²) in [6.45, 7) is 6.88. The highest BCUT2D eigenvalue weighted by molar-refractivity contribution is 5.14. The molecule has 1 aliphatic rings. The van der Waals surface area contributed by atoms with Crippen LogP contribution in [0.15, 0.2) is 24.5 Å². The van der Waals surface area contributed by atoms with E-state index in [4.69, 9.17) is 0 Å². The highest BCUT2D eigenvalue weighted by Crippen LogP contribution is 2.48. The third-order valence-electron chi connectivity index (χ3n) is 3.79. The van der Waals surface area contributed by atoms with Gasteiger partial charge in [0.1, 0.15) is 0 Å². The Balaban J connectivity index is 1.95. The Hall–Kier alpha value is -0.890. The molecule has 1 aromatic rings. The summed E-state index contributed by atoms with van der Waals surface area (Å²) in [6, 6.07) is 5.18. The van der Waals surface area contributed by atoms with Gasteiger partial charge in [0, 0.05) is 24.5 Å². The average molecular weight is 204 g/mol. The Labute approximate surface area is 92.1 Å². The predicted molar refractivity (Wildman–Crippen MR) is 62.6 cm³/mol. The van der Waals surface area contributed by atoms with Crippen molar-refractivity contribution in [3.63, 3.8) is 0 Å². The number of hydrogen-bond donors (Lipinski definition) is 1. The first-order valence-corrected chi connectivity index (χ1v) is 5.78. The summed E-state index contributed by atoms with van der Waals surface area (Å²) >= 11 is 0. The summed E-state index contributed by atoms with van der Waals surface area (Å²) in [6.07, 6.45) is 6.45. The standard InChI is InChI=1S/C13H20N2/c1-10(12-4-8-14-9-5-12)15-11(2)13(3)6-7-13/h4-5,8-11,15H,6-7H2,1-3H3/t10-,11?/m1/s1. The number of nitrogens with zero attached hydrogens (tertiary/aromatic N) is 1. The van der Waals surface area contributed by atoms with E-state index in [9.17, 15) is 0 Å². The van der Waals surface area contributed by atoms with Gasteiger partial charge in [-0.3, -0.25) is 4.98 Å². The van der Waals surface area contributed by atoms with Gasteiger partial charge in [0.05, 0.1) is 0 Å². The van der Waals surface area contributed by atoms with Crippen LogP contribution in [0.1, 0.15) is 45.2 Å². The largest absolute Gasteiger partial charge is 0.307 e. The molecule has 2 atom stereocenters. The van der Waals surface area contributed by atoms with Gasteiger partial charge in [0.25, 0.3) is 0 Å². The van der Waals surface area contributed by atoms with E-state index in [-0.39, 0.29) is 0 Å². The molecule has 0 spiro atoms. The van der Waals surface area contributed by atoms with Crippen molar-refractivity contribution in [2.24, 2.45) is 5.41 Å². The first kappa shape index (κ1) is 10.6. The first-order chi connectivity index (χ1) is 7.12. The number of hydrogen-bond acceptors (Lipinski definition) is 2. The maximum absolute atomic E-state index is 4.04. The van der Waals surface area contributed by atoms with E-state index in [1.807, 2.05) is 12.4 Å². The summed E-state index contributed by atoms with van der Waals surface area (Å²) in [7, 11) is 0. The predicted octanol–water partition coefficient (Wildman–Crippen LogP) is 2.92. The summed E-state index contributed by atoms with van der Waals surface area (Å²) in [5, 5.41) is 3.67. The fraction of sp³-hybridized carbons (Fsp3) is 0.615. The molecule has 0 aliphatic heterocycles. The first-order valence-electron chi connectivity index (χ1n) is 5.78. The maximum atomic E-state index is 4.04. The van der Waals surface area contributed by atoms with E-state index in [0.717, 1.165) is 0 Å². The van der Waals surface area contributed by atoms with E-state index < -0.39 is 0 Å². The molecule has 2 heteroatoms. The van der Waals surface area contributed by atoms with Crippen molar-refractivity contribution >= 4 is 0 Å². The van der Waals surface area contributed by atoms with Crippen molar-refractivity contribution in [1.29, 1.82) is 0 Å². The molecule has 1 saturated carbocycles. The Kier molecular flexibility index (Phi) is 2.79. The van der Waals surface area contributed by atoms with E-state index in [1.165, 1.54) is 18.4 Å². The molecular formula is C13H20N2.